The van der Waals surface area contributed by atoms with Crippen LogP contribution in [0.1, 0.15) is 18.1 Å². The topological polar surface area (TPSA) is 68.2 Å². The lowest BCUT2D eigenvalue weighted by Crippen LogP contribution is -2.38. The highest BCUT2D eigenvalue weighted by Gasteiger charge is 2.09. The molecule has 1 aromatic carbocycles. The molecule has 1 N–H and O–H groups in total. The third kappa shape index (κ3) is 8.45. The van der Waals surface area contributed by atoms with Crippen molar-refractivity contribution in [3.8, 4) is 11.6 Å². The van der Waals surface area contributed by atoms with E-state index in [1.165, 1.54) is 5.56 Å². The number of hydrogen-bond acceptors (Lipinski definition) is 5. The first kappa shape index (κ1) is 25.0. The van der Waals surface area contributed by atoms with E-state index in [0.717, 1.165) is 30.4 Å². The van der Waals surface area contributed by atoms with Crippen molar-refractivity contribution in [2.45, 2.75) is 20.0 Å². The molecule has 0 bridgehead atoms. The van der Waals surface area contributed by atoms with Gasteiger partial charge in [-0.05, 0) is 30.7 Å². The highest BCUT2D eigenvalue weighted by molar-refractivity contribution is 14.0. The Morgan fingerprint density at radius 3 is 2.55 bits per heavy atom. The molecule has 0 saturated heterocycles. The van der Waals surface area contributed by atoms with E-state index in [-0.39, 0.29) is 24.0 Å². The molecule has 1 aromatic heterocycles. The molecule has 1 heterocycles. The van der Waals surface area contributed by atoms with E-state index in [0.29, 0.717) is 25.6 Å². The lowest BCUT2D eigenvalue weighted by molar-refractivity contribution is 0.143. The third-order valence-electron chi connectivity index (χ3n) is 4.05. The molecule has 0 radical (unpaired) electrons. The van der Waals surface area contributed by atoms with Crippen LogP contribution >= 0.6 is 24.0 Å². The van der Waals surface area contributed by atoms with Crippen molar-refractivity contribution in [3.05, 3.63) is 53.7 Å². The maximum Gasteiger partial charge on any atom is 0.218 e. The Morgan fingerprint density at radius 2 is 1.90 bits per heavy atom. The van der Waals surface area contributed by atoms with Crippen LogP contribution < -0.4 is 14.8 Å². The number of ether oxygens (including phenoxy) is 3. The molecule has 2 rings (SSSR count). The Balaban J connectivity index is 0.00000420. The van der Waals surface area contributed by atoms with Gasteiger partial charge in [0.25, 0.3) is 0 Å². The Hall–Kier alpha value is -2.07. The zero-order valence-corrected chi connectivity index (χ0v) is 19.9. The maximum atomic E-state index is 5.70. The van der Waals surface area contributed by atoms with Crippen LogP contribution in [0.25, 0.3) is 0 Å². The summed E-state index contributed by atoms with van der Waals surface area (Å²) in [6.45, 7) is 5.04. The number of nitrogens with one attached hydrogen (secondary N) is 1. The van der Waals surface area contributed by atoms with Crippen molar-refractivity contribution in [1.29, 1.82) is 0 Å². The Labute approximate surface area is 190 Å². The van der Waals surface area contributed by atoms with Gasteiger partial charge in [-0.2, -0.15) is 0 Å². The van der Waals surface area contributed by atoms with Gasteiger partial charge >= 0.3 is 0 Å². The molecule has 0 spiro atoms. The summed E-state index contributed by atoms with van der Waals surface area (Å²) >= 11 is 0. The second-order valence-electron chi connectivity index (χ2n) is 6.18. The normalized spacial score (nSPS) is 10.8. The minimum absolute atomic E-state index is 0. The number of aliphatic imine (C=N–C) groups is 1. The monoisotopic (exact) mass is 514 g/mol. The first-order chi connectivity index (χ1) is 13.7. The SMILES string of the molecule is CCNC(=NCc1cccnc1OCCOC)N(C)Cc1ccc(OC)cc1.I. The van der Waals surface area contributed by atoms with Crippen molar-refractivity contribution in [2.24, 2.45) is 4.99 Å². The van der Waals surface area contributed by atoms with Gasteiger partial charge < -0.3 is 24.4 Å². The van der Waals surface area contributed by atoms with E-state index in [2.05, 4.69) is 34.3 Å². The average Bonchev–Trinajstić information content (AvgIpc) is 2.72. The average molecular weight is 514 g/mol. The largest absolute Gasteiger partial charge is 0.497 e. The molecule has 160 valence electrons. The van der Waals surface area contributed by atoms with Crippen LogP contribution in [-0.4, -0.2) is 56.9 Å². The number of guanidine groups is 1. The number of hydrogen-bond donors (Lipinski definition) is 1. The number of nitrogens with zero attached hydrogens (tertiary/aromatic N) is 3. The zero-order chi connectivity index (χ0) is 20.2. The van der Waals surface area contributed by atoms with Crippen molar-refractivity contribution in [1.82, 2.24) is 15.2 Å². The standard InChI is InChI=1S/C21H30N4O3.HI/c1-5-22-21(25(2)16-17-8-10-19(27-4)11-9-17)24-15-18-7-6-12-23-20(18)28-14-13-26-3;/h6-12H,5,13-16H2,1-4H3,(H,22,24);1H. The molecule has 7 nitrogen and oxygen atoms in total. The molecular weight excluding hydrogens is 483 g/mol. The molecule has 0 saturated carbocycles. The summed E-state index contributed by atoms with van der Waals surface area (Å²) in [6.07, 6.45) is 1.72. The van der Waals surface area contributed by atoms with Crippen molar-refractivity contribution in [3.63, 3.8) is 0 Å². The number of aromatic nitrogens is 1. The van der Waals surface area contributed by atoms with Crippen LogP contribution in [0, 0.1) is 0 Å². The first-order valence-electron chi connectivity index (χ1n) is 9.36. The summed E-state index contributed by atoms with van der Waals surface area (Å²) in [7, 11) is 5.34. The number of halogens is 1. The van der Waals surface area contributed by atoms with Gasteiger partial charge in [0.1, 0.15) is 12.4 Å². The molecule has 0 aliphatic heterocycles. The summed E-state index contributed by atoms with van der Waals surface area (Å²) in [5, 5.41) is 3.34. The van der Waals surface area contributed by atoms with E-state index in [4.69, 9.17) is 19.2 Å². The van der Waals surface area contributed by atoms with E-state index in [1.807, 2.05) is 31.3 Å². The van der Waals surface area contributed by atoms with Gasteiger partial charge in [-0.1, -0.05) is 18.2 Å². The van der Waals surface area contributed by atoms with Gasteiger partial charge in [-0.25, -0.2) is 9.98 Å². The third-order valence-corrected chi connectivity index (χ3v) is 4.05. The van der Waals surface area contributed by atoms with Crippen LogP contribution in [-0.2, 0) is 17.8 Å². The molecule has 29 heavy (non-hydrogen) atoms. The predicted molar refractivity (Wildman–Crippen MR) is 126 cm³/mol. The zero-order valence-electron chi connectivity index (χ0n) is 17.6. The number of methoxy groups -OCH3 is 2. The molecule has 0 atom stereocenters. The van der Waals surface area contributed by atoms with Gasteiger partial charge in [0, 0.05) is 39.0 Å². The van der Waals surface area contributed by atoms with Gasteiger partial charge in [-0.3, -0.25) is 0 Å². The summed E-state index contributed by atoms with van der Waals surface area (Å²) in [5.74, 6) is 2.27. The number of pyridine rings is 1. The van der Waals surface area contributed by atoms with Crippen LogP contribution in [0.4, 0.5) is 0 Å². The molecule has 0 amide bonds. The van der Waals surface area contributed by atoms with E-state index < -0.39 is 0 Å². The fourth-order valence-corrected chi connectivity index (χ4v) is 2.61. The Morgan fingerprint density at radius 1 is 1.14 bits per heavy atom. The lowest BCUT2D eigenvalue weighted by atomic mass is 10.2. The maximum absolute atomic E-state index is 5.70. The highest BCUT2D eigenvalue weighted by Crippen LogP contribution is 2.16. The predicted octanol–water partition coefficient (Wildman–Crippen LogP) is 3.33. The summed E-state index contributed by atoms with van der Waals surface area (Å²) < 4.78 is 15.9. The minimum Gasteiger partial charge on any atom is -0.497 e. The number of benzene rings is 1. The van der Waals surface area contributed by atoms with Gasteiger partial charge in [-0.15, -0.1) is 24.0 Å². The second-order valence-corrected chi connectivity index (χ2v) is 6.18. The summed E-state index contributed by atoms with van der Waals surface area (Å²) in [5.41, 5.74) is 2.12. The first-order valence-corrected chi connectivity index (χ1v) is 9.36. The fraction of sp³-hybridized carbons (Fsp3) is 0.429. The molecule has 0 aliphatic rings. The summed E-state index contributed by atoms with van der Waals surface area (Å²) in [4.78, 5) is 11.2. The lowest BCUT2D eigenvalue weighted by Gasteiger charge is -2.22. The summed E-state index contributed by atoms with van der Waals surface area (Å²) in [6, 6.07) is 11.9. The van der Waals surface area contributed by atoms with Crippen LogP contribution in [0.15, 0.2) is 47.6 Å². The van der Waals surface area contributed by atoms with Crippen molar-refractivity contribution >= 4 is 29.9 Å². The van der Waals surface area contributed by atoms with Crippen molar-refractivity contribution < 1.29 is 14.2 Å². The Kier molecular flexibility index (Phi) is 12.1. The number of rotatable bonds is 10. The van der Waals surface area contributed by atoms with E-state index >= 15 is 0 Å². The molecule has 0 unspecified atom stereocenters. The fourth-order valence-electron chi connectivity index (χ4n) is 2.61. The quantitative estimate of drug-likeness (QED) is 0.227. The van der Waals surface area contributed by atoms with Crippen LogP contribution in [0.5, 0.6) is 11.6 Å². The highest BCUT2D eigenvalue weighted by atomic mass is 127. The second kappa shape index (κ2) is 14.0. The molecule has 0 aliphatic carbocycles. The van der Waals surface area contributed by atoms with Gasteiger partial charge in [0.05, 0.1) is 20.3 Å². The minimum atomic E-state index is 0. The van der Waals surface area contributed by atoms with Crippen molar-refractivity contribution in [2.75, 3.05) is 41.0 Å². The molecule has 0 fully saturated rings. The smallest absolute Gasteiger partial charge is 0.218 e. The molecule has 2 aromatic rings. The van der Waals surface area contributed by atoms with Gasteiger partial charge in [0.15, 0.2) is 5.96 Å². The molecular formula is C21H31IN4O3. The van der Waals surface area contributed by atoms with Gasteiger partial charge in [0.2, 0.25) is 5.88 Å². The Bertz CT molecular complexity index is 741. The van der Waals surface area contributed by atoms with E-state index in [9.17, 15) is 0 Å². The molecule has 8 heteroatoms. The van der Waals surface area contributed by atoms with E-state index in [1.54, 1.807) is 20.4 Å². The van der Waals surface area contributed by atoms with Crippen LogP contribution in [0.3, 0.4) is 0 Å². The van der Waals surface area contributed by atoms with Crippen LogP contribution in [0.2, 0.25) is 0 Å².